The molecule has 354 valence electrons. The monoisotopic (exact) mass is 924 g/mol. The number of fused-ring (bicyclic) bond motifs is 6. The van der Waals surface area contributed by atoms with Crippen LogP contribution in [-0.4, -0.2) is 149 Å². The molecular formula is C48H64N10O7S. The van der Waals surface area contributed by atoms with Crippen molar-refractivity contribution < 1.29 is 33.4 Å². The van der Waals surface area contributed by atoms with Crippen LogP contribution >= 0.6 is 11.3 Å². The molecule has 0 unspecified atom stereocenters. The Morgan fingerprint density at radius 2 is 1.88 bits per heavy atom. The molecule has 7 heterocycles. The van der Waals surface area contributed by atoms with Crippen molar-refractivity contribution in [2.75, 3.05) is 60.5 Å². The number of hydrogen-bond donors (Lipinski definition) is 3. The number of aromatic nitrogens is 3. The number of benzene rings is 1. The van der Waals surface area contributed by atoms with Crippen molar-refractivity contribution in [3.63, 3.8) is 0 Å². The van der Waals surface area contributed by atoms with E-state index in [0.29, 0.717) is 57.0 Å². The van der Waals surface area contributed by atoms with Gasteiger partial charge >= 0.3 is 12.0 Å². The van der Waals surface area contributed by atoms with E-state index in [4.69, 9.17) is 19.4 Å². The largest absolute Gasteiger partial charge is 0.464 e. The molecule has 3 N–H and O–H groups in total. The second kappa shape index (κ2) is 19.1. The number of methoxy groups -OCH3 is 1. The zero-order chi connectivity index (χ0) is 47.2. The molecule has 18 heteroatoms. The van der Waals surface area contributed by atoms with Crippen molar-refractivity contribution in [3.8, 4) is 22.5 Å². The normalized spacial score (nSPS) is 22.0. The van der Waals surface area contributed by atoms with Crippen molar-refractivity contribution in [2.24, 2.45) is 24.3 Å². The van der Waals surface area contributed by atoms with Gasteiger partial charge < -0.3 is 39.4 Å². The van der Waals surface area contributed by atoms with Crippen LogP contribution in [0.2, 0.25) is 0 Å². The number of pyridine rings is 1. The summed E-state index contributed by atoms with van der Waals surface area (Å²) in [6.07, 6.45) is 3.19. The van der Waals surface area contributed by atoms with Crippen LogP contribution in [0.25, 0.3) is 33.4 Å². The van der Waals surface area contributed by atoms with E-state index in [-0.39, 0.29) is 48.9 Å². The van der Waals surface area contributed by atoms with Gasteiger partial charge in [0.25, 0.3) is 5.91 Å². The molecule has 4 aliphatic rings. The first-order chi connectivity index (χ1) is 31.4. The predicted molar refractivity (Wildman–Crippen MR) is 251 cm³/mol. The Labute approximate surface area is 390 Å². The third kappa shape index (κ3) is 9.69. The van der Waals surface area contributed by atoms with Gasteiger partial charge in [-0.2, -0.15) is 0 Å². The third-order valence-corrected chi connectivity index (χ3v) is 14.3. The number of hydrazine groups is 1. The predicted octanol–water partition coefficient (Wildman–Crippen LogP) is 4.16. The molecule has 0 aliphatic carbocycles. The van der Waals surface area contributed by atoms with Crippen LogP contribution in [0.15, 0.2) is 41.9 Å². The summed E-state index contributed by atoms with van der Waals surface area (Å²) in [5, 5.41) is 11.1. The minimum atomic E-state index is -1.08. The molecule has 3 fully saturated rings. The molecule has 8 rings (SSSR count). The minimum absolute atomic E-state index is 0.0802. The molecule has 5 amide bonds. The Bertz CT molecular complexity index is 2490. The summed E-state index contributed by atoms with van der Waals surface area (Å²) in [5.74, 6) is -1.42. The Morgan fingerprint density at radius 3 is 2.59 bits per heavy atom. The van der Waals surface area contributed by atoms with Gasteiger partial charge in [0.2, 0.25) is 11.8 Å². The standard InChI is InChI=1S/C48H64N10O7S/c1-27(2)41(56(8)47(63)54(6)22-29-23-57(24-29)44(60)36-21-50-36)43(59)52-35-19-39-51-37(25-66-39)30-14-15-38-32(18-30)33(42(55(38)7)31-12-10-16-49-40(31)28(3)64-9)20-48(4,5)26-65-46(62)34-13-11-17-58(53-34)45(35)61/h10,12,14-16,18,25,27-29,34-36,41,50,53H,11,13,17,19-24,26H2,1-9H3,(H,52,59)/t28-,34-,35-,36+,41-/m0/s1. The number of rotatable bonds is 10. The van der Waals surface area contributed by atoms with Gasteiger partial charge in [-0.15, -0.1) is 11.3 Å². The highest BCUT2D eigenvalue weighted by Crippen LogP contribution is 2.41. The molecule has 4 aliphatic heterocycles. The quantitative estimate of drug-likeness (QED) is 0.153. The molecule has 4 aromatic rings. The van der Waals surface area contributed by atoms with Crippen LogP contribution in [0.4, 0.5) is 4.79 Å². The number of likely N-dealkylation sites (N-methyl/N-ethyl adjacent to an activating group) is 1. The summed E-state index contributed by atoms with van der Waals surface area (Å²) in [4.78, 5) is 83.9. The van der Waals surface area contributed by atoms with Crippen LogP contribution in [0.3, 0.4) is 0 Å². The topological polar surface area (TPSA) is 193 Å². The molecule has 3 saturated heterocycles. The second-order valence-electron chi connectivity index (χ2n) is 19.6. The molecule has 66 heavy (non-hydrogen) atoms. The lowest BCUT2D eigenvalue weighted by Gasteiger charge is -2.42. The van der Waals surface area contributed by atoms with E-state index in [0.717, 1.165) is 44.7 Å². The lowest BCUT2D eigenvalue weighted by Crippen LogP contribution is -2.62. The highest BCUT2D eigenvalue weighted by molar-refractivity contribution is 7.10. The van der Waals surface area contributed by atoms with Crippen LogP contribution in [0, 0.1) is 17.3 Å². The summed E-state index contributed by atoms with van der Waals surface area (Å²) in [6.45, 7) is 12.7. The van der Waals surface area contributed by atoms with Crippen molar-refractivity contribution in [3.05, 3.63) is 58.2 Å². The Balaban J connectivity index is 1.10. The highest BCUT2D eigenvalue weighted by atomic mass is 32.1. The van der Waals surface area contributed by atoms with Crippen molar-refractivity contribution >= 4 is 52.0 Å². The van der Waals surface area contributed by atoms with E-state index < -0.39 is 41.3 Å². The minimum Gasteiger partial charge on any atom is -0.464 e. The van der Waals surface area contributed by atoms with Gasteiger partial charge in [-0.05, 0) is 61.9 Å². The Morgan fingerprint density at radius 1 is 1.12 bits per heavy atom. The average Bonchev–Trinajstić information content (AvgIpc) is 3.98. The number of nitrogens with zero attached hydrogens (tertiary/aromatic N) is 7. The third-order valence-electron chi connectivity index (χ3n) is 13.4. The van der Waals surface area contributed by atoms with Gasteiger partial charge in [-0.3, -0.25) is 29.2 Å². The number of thiazole rings is 1. The number of cyclic esters (lactones) is 1. The first-order valence-electron chi connectivity index (χ1n) is 23.0. The Hall–Kier alpha value is -5.43. The lowest BCUT2D eigenvalue weighted by molar-refractivity contribution is -0.155. The average molecular weight is 925 g/mol. The SMILES string of the molecule is CO[C@@H](C)c1ncccc1-c1c2c3cc(ccc3n1C)-c1csc(n1)C[C@H](NC(=O)[C@H](C(C)C)N(C)C(=O)N(C)CC1CN(C(=O)[C@H]3CN3)C1)C(=O)N1CCC[C@H](N1)C(=O)OCC(C)(C)C2. The smallest absolute Gasteiger partial charge is 0.324 e. The zero-order valence-corrected chi connectivity index (χ0v) is 40.4. The van der Waals surface area contributed by atoms with E-state index in [1.807, 2.05) is 43.2 Å². The van der Waals surface area contributed by atoms with Crippen LogP contribution in [-0.2, 0) is 48.5 Å². The lowest BCUT2D eigenvalue weighted by atomic mass is 9.84. The number of carbonyl (C=O) groups excluding carboxylic acids is 5. The molecule has 0 saturated carbocycles. The first-order valence-corrected chi connectivity index (χ1v) is 23.9. The van der Waals surface area contributed by atoms with Crippen molar-refractivity contribution in [1.82, 2.24) is 50.3 Å². The maximum atomic E-state index is 14.6. The number of aryl methyl sites for hydroxylation is 1. The van der Waals surface area contributed by atoms with E-state index >= 15 is 0 Å². The van der Waals surface area contributed by atoms with Crippen LogP contribution in [0.5, 0.6) is 0 Å². The van der Waals surface area contributed by atoms with Crippen molar-refractivity contribution in [2.45, 2.75) is 90.6 Å². The number of amides is 5. The maximum absolute atomic E-state index is 14.6. The molecule has 5 atom stereocenters. The summed E-state index contributed by atoms with van der Waals surface area (Å²) < 4.78 is 14.1. The molecule has 17 nitrogen and oxygen atoms in total. The number of ether oxygens (including phenoxy) is 2. The molecule has 6 bridgehead atoms. The molecule has 0 radical (unpaired) electrons. The van der Waals surface area contributed by atoms with E-state index in [1.54, 1.807) is 32.3 Å². The molecular weight excluding hydrogens is 861 g/mol. The van der Waals surface area contributed by atoms with E-state index in [9.17, 15) is 24.0 Å². The number of carbonyl (C=O) groups is 5. The molecule has 3 aromatic heterocycles. The van der Waals surface area contributed by atoms with E-state index in [1.165, 1.54) is 21.2 Å². The Kier molecular flexibility index (Phi) is 13.6. The van der Waals surface area contributed by atoms with Crippen LogP contribution < -0.4 is 16.1 Å². The number of likely N-dealkylation sites (tertiary alicyclic amines) is 1. The summed E-state index contributed by atoms with van der Waals surface area (Å²) in [7, 11) is 7.04. The van der Waals surface area contributed by atoms with E-state index in [2.05, 4.69) is 59.7 Å². The number of hydrogen-bond acceptors (Lipinski definition) is 12. The van der Waals surface area contributed by atoms with Gasteiger partial charge in [0, 0.05) is 112 Å². The van der Waals surface area contributed by atoms with Gasteiger partial charge in [-0.25, -0.2) is 15.2 Å². The zero-order valence-electron chi connectivity index (χ0n) is 39.6. The maximum Gasteiger partial charge on any atom is 0.324 e. The van der Waals surface area contributed by atoms with Crippen LogP contribution in [0.1, 0.15) is 69.8 Å². The summed E-state index contributed by atoms with van der Waals surface area (Å²) in [6, 6.07) is 7.12. The fourth-order valence-corrected chi connectivity index (χ4v) is 10.6. The second-order valence-corrected chi connectivity index (χ2v) is 20.6. The number of esters is 1. The fraction of sp³-hybridized carbons (Fsp3) is 0.562. The molecule has 1 aromatic carbocycles. The summed E-state index contributed by atoms with van der Waals surface area (Å²) >= 11 is 1.41. The van der Waals surface area contributed by atoms with Crippen molar-refractivity contribution in [1.29, 1.82) is 0 Å². The van der Waals surface area contributed by atoms with Gasteiger partial charge in [0.1, 0.15) is 18.1 Å². The number of urea groups is 1. The highest BCUT2D eigenvalue weighted by Gasteiger charge is 2.42. The summed E-state index contributed by atoms with van der Waals surface area (Å²) in [5.41, 5.74) is 9.15. The van der Waals surface area contributed by atoms with Gasteiger partial charge in [0.15, 0.2) is 0 Å². The first kappa shape index (κ1) is 47.1. The fourth-order valence-electron chi connectivity index (χ4n) is 9.72. The number of nitrogens with one attached hydrogen (secondary N) is 3. The molecule has 0 spiro atoms. The van der Waals surface area contributed by atoms with Gasteiger partial charge in [-0.1, -0.05) is 33.8 Å². The van der Waals surface area contributed by atoms with Gasteiger partial charge in [0.05, 0.1) is 40.8 Å².